The Balaban J connectivity index is 1.71. The van der Waals surface area contributed by atoms with E-state index in [0.717, 1.165) is 22.4 Å². The highest BCUT2D eigenvalue weighted by Gasteiger charge is 2.22. The average molecular weight is 492 g/mol. The van der Waals surface area contributed by atoms with Crippen LogP contribution in [0.15, 0.2) is 47.8 Å². The van der Waals surface area contributed by atoms with Crippen molar-refractivity contribution >= 4 is 39.8 Å². The fourth-order valence-electron chi connectivity index (χ4n) is 4.45. The van der Waals surface area contributed by atoms with Gasteiger partial charge in [0.1, 0.15) is 11.5 Å². The lowest BCUT2D eigenvalue weighted by Crippen LogP contribution is -2.22. The first-order valence-electron chi connectivity index (χ1n) is 10.8. The van der Waals surface area contributed by atoms with E-state index in [1.807, 2.05) is 39.2 Å². The summed E-state index contributed by atoms with van der Waals surface area (Å²) in [6, 6.07) is 7.04. The van der Waals surface area contributed by atoms with Gasteiger partial charge in [0.05, 0.1) is 34.5 Å². The molecule has 1 atom stereocenters. The smallest absolute Gasteiger partial charge is 0.358 e. The Hall–Kier alpha value is -4.18. The molecule has 1 unspecified atom stereocenters. The number of fused-ring (bicyclic) bond motifs is 3. The Morgan fingerprint density at radius 1 is 1.23 bits per heavy atom. The molecule has 0 amide bonds. The molecule has 10 nitrogen and oxygen atoms in total. The Morgan fingerprint density at radius 2 is 2.00 bits per heavy atom. The monoisotopic (exact) mass is 491 g/mol. The average Bonchev–Trinajstić information content (AvgIpc) is 3.45. The highest BCUT2D eigenvalue weighted by atomic mass is 35.5. The third-order valence-electron chi connectivity index (χ3n) is 6.00. The number of carbonyl (C=O) groups is 1. The summed E-state index contributed by atoms with van der Waals surface area (Å²) in [5, 5.41) is 18.2. The van der Waals surface area contributed by atoms with Crippen LogP contribution in [0.3, 0.4) is 0 Å². The highest BCUT2D eigenvalue weighted by molar-refractivity contribution is 6.29. The number of aromatic nitrogens is 6. The molecule has 11 heteroatoms. The molecule has 0 spiro atoms. The van der Waals surface area contributed by atoms with Crippen molar-refractivity contribution in [1.82, 2.24) is 28.7 Å². The van der Waals surface area contributed by atoms with Crippen LogP contribution in [0.4, 0.5) is 5.69 Å². The quantitative estimate of drug-likeness (QED) is 0.359. The number of nitrogens with one attached hydrogen (secondary N) is 1. The summed E-state index contributed by atoms with van der Waals surface area (Å²) in [6.07, 6.45) is 5.00. The molecule has 4 heterocycles. The topological polar surface area (TPSA) is 119 Å². The summed E-state index contributed by atoms with van der Waals surface area (Å²) >= 11 is 6.19. The van der Waals surface area contributed by atoms with Crippen LogP contribution in [-0.2, 0) is 14.1 Å². The van der Waals surface area contributed by atoms with E-state index in [1.165, 1.54) is 10.9 Å². The third kappa shape index (κ3) is 3.71. The van der Waals surface area contributed by atoms with Gasteiger partial charge in [-0.15, -0.1) is 0 Å². The molecule has 0 saturated carbocycles. The van der Waals surface area contributed by atoms with Crippen LogP contribution in [0.25, 0.3) is 27.8 Å². The van der Waals surface area contributed by atoms with Crippen molar-refractivity contribution in [3.63, 3.8) is 0 Å². The van der Waals surface area contributed by atoms with Gasteiger partial charge in [-0.05, 0) is 43.2 Å². The van der Waals surface area contributed by atoms with E-state index in [0.29, 0.717) is 21.7 Å². The van der Waals surface area contributed by atoms with Gasteiger partial charge in [0, 0.05) is 25.9 Å². The maximum absolute atomic E-state index is 13.3. The number of nitrogens with zero attached hydrogens (tertiary/aromatic N) is 6. The molecule has 178 valence electrons. The molecule has 0 aliphatic carbocycles. The number of rotatable bonds is 5. The fourth-order valence-corrected chi connectivity index (χ4v) is 4.60. The Morgan fingerprint density at radius 3 is 2.69 bits per heavy atom. The van der Waals surface area contributed by atoms with Crippen molar-refractivity contribution in [1.29, 1.82) is 0 Å². The second-order valence-electron chi connectivity index (χ2n) is 8.51. The van der Waals surface area contributed by atoms with E-state index in [-0.39, 0.29) is 22.9 Å². The number of benzene rings is 1. The highest BCUT2D eigenvalue weighted by Crippen LogP contribution is 2.33. The number of aromatic carboxylic acids is 1. The van der Waals surface area contributed by atoms with Crippen LogP contribution >= 0.6 is 11.6 Å². The summed E-state index contributed by atoms with van der Waals surface area (Å²) < 4.78 is 4.67. The minimum absolute atomic E-state index is 0.181. The molecule has 0 aliphatic rings. The number of imidazole rings is 1. The minimum atomic E-state index is -1.20. The number of pyridine rings is 1. The van der Waals surface area contributed by atoms with Crippen molar-refractivity contribution in [2.45, 2.75) is 19.9 Å². The maximum atomic E-state index is 13.3. The first kappa shape index (κ1) is 22.6. The van der Waals surface area contributed by atoms with Gasteiger partial charge >= 0.3 is 5.97 Å². The standard InChI is InChI=1S/C24H22ClN7O3/c1-12-7-15(13(2)28-17-5-6-18(25)29-19(17)14-9-27-30(3)10-14)21-16(8-12)23(33)31(4)22-20(24(34)35)26-11-32(21)22/h5-11,13,28H,1-4H3,(H,34,35). The zero-order valence-electron chi connectivity index (χ0n) is 19.4. The number of hydrogen-bond donors (Lipinski definition) is 2. The molecule has 5 rings (SSSR count). The molecule has 0 radical (unpaired) electrons. The van der Waals surface area contributed by atoms with Crippen LogP contribution in [0.1, 0.15) is 34.6 Å². The molecule has 0 saturated heterocycles. The van der Waals surface area contributed by atoms with Crippen molar-refractivity contribution < 1.29 is 9.90 Å². The molecule has 0 bridgehead atoms. The van der Waals surface area contributed by atoms with Crippen LogP contribution in [0, 0.1) is 6.92 Å². The summed E-state index contributed by atoms with van der Waals surface area (Å²) in [5.74, 6) is -1.20. The van der Waals surface area contributed by atoms with Gasteiger partial charge in [-0.3, -0.25) is 18.4 Å². The molecule has 2 N–H and O–H groups in total. The van der Waals surface area contributed by atoms with Crippen molar-refractivity contribution in [2.75, 3.05) is 5.32 Å². The van der Waals surface area contributed by atoms with Crippen LogP contribution in [0.5, 0.6) is 0 Å². The van der Waals surface area contributed by atoms with Gasteiger partial charge in [-0.25, -0.2) is 14.8 Å². The SMILES string of the molecule is Cc1cc(C(C)Nc2ccc(Cl)nc2-c2cnn(C)c2)c2c(c1)c(=O)n(C)c1c(C(=O)O)ncn21. The number of carboxylic acids is 1. The summed E-state index contributed by atoms with van der Waals surface area (Å²) in [7, 11) is 3.37. The van der Waals surface area contributed by atoms with E-state index in [1.54, 1.807) is 34.5 Å². The second kappa shape index (κ2) is 8.24. The van der Waals surface area contributed by atoms with Crippen LogP contribution in [-0.4, -0.2) is 39.8 Å². The molecule has 0 aliphatic heterocycles. The van der Waals surface area contributed by atoms with Gasteiger partial charge < -0.3 is 10.4 Å². The first-order chi connectivity index (χ1) is 16.7. The van der Waals surface area contributed by atoms with Crippen molar-refractivity contribution in [3.8, 4) is 11.3 Å². The van der Waals surface area contributed by atoms with E-state index in [2.05, 4.69) is 20.4 Å². The molecular formula is C24H22ClN7O3. The summed E-state index contributed by atoms with van der Waals surface area (Å²) in [4.78, 5) is 33.6. The van der Waals surface area contributed by atoms with Gasteiger partial charge in [-0.2, -0.15) is 5.10 Å². The minimum Gasteiger partial charge on any atom is -0.476 e. The molecule has 0 fully saturated rings. The normalized spacial score (nSPS) is 12.4. The molecular weight excluding hydrogens is 470 g/mol. The lowest BCUT2D eigenvalue weighted by atomic mass is 10.0. The largest absolute Gasteiger partial charge is 0.476 e. The van der Waals surface area contributed by atoms with Gasteiger partial charge in [0.15, 0.2) is 11.3 Å². The number of halogens is 1. The van der Waals surface area contributed by atoms with Crippen molar-refractivity contribution in [3.05, 3.63) is 75.3 Å². The summed E-state index contributed by atoms with van der Waals surface area (Å²) in [6.45, 7) is 3.88. The molecule has 1 aromatic carbocycles. The Bertz CT molecular complexity index is 1700. The Labute approximate surface area is 204 Å². The third-order valence-corrected chi connectivity index (χ3v) is 6.21. The predicted octanol–water partition coefficient (Wildman–Crippen LogP) is 3.81. The molecule has 5 aromatic rings. The number of anilines is 1. The van der Waals surface area contributed by atoms with E-state index in [4.69, 9.17) is 11.6 Å². The van der Waals surface area contributed by atoms with Crippen LogP contribution in [0.2, 0.25) is 5.15 Å². The predicted molar refractivity (Wildman–Crippen MR) is 133 cm³/mol. The van der Waals surface area contributed by atoms with Crippen LogP contribution < -0.4 is 10.9 Å². The number of aryl methyl sites for hydroxylation is 3. The lowest BCUT2D eigenvalue weighted by Gasteiger charge is -2.21. The zero-order chi connectivity index (χ0) is 25.0. The van der Waals surface area contributed by atoms with E-state index < -0.39 is 5.97 Å². The maximum Gasteiger partial charge on any atom is 0.358 e. The second-order valence-corrected chi connectivity index (χ2v) is 8.89. The summed E-state index contributed by atoms with van der Waals surface area (Å²) in [5.41, 5.74) is 4.23. The van der Waals surface area contributed by atoms with Gasteiger partial charge in [-0.1, -0.05) is 17.7 Å². The Kier molecular flexibility index (Phi) is 5.32. The zero-order valence-corrected chi connectivity index (χ0v) is 20.2. The number of carboxylic acid groups (broad SMARTS) is 1. The fraction of sp³-hybridized carbons (Fsp3) is 0.208. The van der Waals surface area contributed by atoms with Gasteiger partial charge in [0.25, 0.3) is 5.56 Å². The lowest BCUT2D eigenvalue weighted by molar-refractivity contribution is 0.0692. The first-order valence-corrected chi connectivity index (χ1v) is 11.2. The molecule has 4 aromatic heterocycles. The van der Waals surface area contributed by atoms with Crippen molar-refractivity contribution in [2.24, 2.45) is 14.1 Å². The van der Waals surface area contributed by atoms with E-state index >= 15 is 0 Å². The van der Waals surface area contributed by atoms with Gasteiger partial charge in [0.2, 0.25) is 0 Å². The molecule has 35 heavy (non-hydrogen) atoms. The van der Waals surface area contributed by atoms with E-state index in [9.17, 15) is 14.7 Å². The number of hydrogen-bond acceptors (Lipinski definition) is 6.